The highest BCUT2D eigenvalue weighted by molar-refractivity contribution is 7.80. The summed E-state index contributed by atoms with van der Waals surface area (Å²) in [7, 11) is 1.95. The van der Waals surface area contributed by atoms with Crippen molar-refractivity contribution in [3.05, 3.63) is 81.9 Å². The van der Waals surface area contributed by atoms with Crippen molar-refractivity contribution in [2.24, 2.45) is 0 Å². The van der Waals surface area contributed by atoms with Crippen molar-refractivity contribution in [3.8, 4) is 0 Å². The second-order valence-electron chi connectivity index (χ2n) is 8.97. The van der Waals surface area contributed by atoms with E-state index in [1.54, 1.807) is 12.1 Å². The summed E-state index contributed by atoms with van der Waals surface area (Å²) in [5.41, 5.74) is 4.97. The zero-order valence-electron chi connectivity index (χ0n) is 18.9. The van der Waals surface area contributed by atoms with Gasteiger partial charge in [-0.1, -0.05) is 48.6 Å². The van der Waals surface area contributed by atoms with Crippen LogP contribution in [0.2, 0.25) is 0 Å². The standard InChI is InChI=1S/C26H26N4O3S/c1-28-21-8-4-3-7-20(21)23-15-18(27-26(31)14-17-6-2-5-9-25(17)34)12-13-29(23)22-11-10-19(30(32)33)16-24(22)28/h2-8,10-11,16,18,23H,9,12-15H2,1H3,(H,27,31)/t18-,23-/m1/s1. The normalized spacial score (nSPS) is 21.1. The highest BCUT2D eigenvalue weighted by Gasteiger charge is 2.36. The van der Waals surface area contributed by atoms with E-state index in [-0.39, 0.29) is 28.6 Å². The number of piperidine rings is 1. The maximum Gasteiger partial charge on any atom is 0.271 e. The number of benzene rings is 2. The molecule has 5 rings (SSSR count). The number of allylic oxidation sites excluding steroid dienone is 3. The predicted octanol–water partition coefficient (Wildman–Crippen LogP) is 5.15. The third-order valence-electron chi connectivity index (χ3n) is 6.91. The summed E-state index contributed by atoms with van der Waals surface area (Å²) in [6, 6.07) is 13.3. The molecule has 0 saturated carbocycles. The number of non-ortho nitro benzene ring substituents is 1. The summed E-state index contributed by atoms with van der Waals surface area (Å²) in [4.78, 5) is 29.1. The van der Waals surface area contributed by atoms with Crippen LogP contribution >= 0.6 is 12.2 Å². The van der Waals surface area contributed by atoms with Crippen molar-refractivity contribution in [2.45, 2.75) is 37.8 Å². The fraction of sp³-hybridized carbons (Fsp3) is 0.308. The van der Waals surface area contributed by atoms with Gasteiger partial charge >= 0.3 is 0 Å². The van der Waals surface area contributed by atoms with Crippen LogP contribution in [0.3, 0.4) is 0 Å². The molecule has 7 nitrogen and oxygen atoms in total. The van der Waals surface area contributed by atoms with Crippen LogP contribution in [0.25, 0.3) is 0 Å². The molecule has 1 aliphatic carbocycles. The Balaban J connectivity index is 1.42. The van der Waals surface area contributed by atoms with Gasteiger partial charge in [0.2, 0.25) is 5.91 Å². The summed E-state index contributed by atoms with van der Waals surface area (Å²) in [5.74, 6) is -0.00241. The van der Waals surface area contributed by atoms with Crippen LogP contribution < -0.4 is 15.1 Å². The number of nitrogens with zero attached hydrogens (tertiary/aromatic N) is 3. The topological polar surface area (TPSA) is 78.7 Å². The maximum absolute atomic E-state index is 12.8. The molecule has 2 aromatic carbocycles. The summed E-state index contributed by atoms with van der Waals surface area (Å²) in [5, 5.41) is 14.7. The van der Waals surface area contributed by atoms with E-state index in [1.165, 1.54) is 0 Å². The SMILES string of the molecule is CN1c2ccccc2[C@H]2C[C@H](NC(=O)CC3=CC=CCC3=S)CCN2c2ccc([N+](=O)[O-])cc21. The Kier molecular flexibility index (Phi) is 5.91. The Hall–Kier alpha value is -3.52. The Morgan fingerprint density at radius 1 is 1.21 bits per heavy atom. The molecule has 8 heteroatoms. The number of carbonyl (C=O) groups excluding carboxylic acids is 1. The van der Waals surface area contributed by atoms with E-state index < -0.39 is 0 Å². The van der Waals surface area contributed by atoms with Gasteiger partial charge in [0.1, 0.15) is 0 Å². The number of fused-ring (bicyclic) bond motifs is 5. The van der Waals surface area contributed by atoms with E-state index >= 15 is 0 Å². The van der Waals surface area contributed by atoms with Crippen LogP contribution in [0, 0.1) is 10.1 Å². The Bertz CT molecular complexity index is 1240. The average molecular weight is 475 g/mol. The fourth-order valence-corrected chi connectivity index (χ4v) is 5.45. The summed E-state index contributed by atoms with van der Waals surface area (Å²) < 4.78 is 0. The van der Waals surface area contributed by atoms with Crippen LogP contribution in [0.4, 0.5) is 22.7 Å². The average Bonchev–Trinajstić information content (AvgIpc) is 2.94. The number of thiocarbonyl (C=S) groups is 1. The molecule has 0 radical (unpaired) electrons. The minimum atomic E-state index is -0.354. The molecule has 2 heterocycles. The number of amides is 1. The molecule has 174 valence electrons. The molecule has 2 aliphatic heterocycles. The first kappa shape index (κ1) is 22.3. The van der Waals surface area contributed by atoms with Crippen molar-refractivity contribution in [1.29, 1.82) is 0 Å². The molecule has 3 aliphatic rings. The van der Waals surface area contributed by atoms with Gasteiger partial charge in [-0.05, 0) is 36.1 Å². The Labute approximate surface area is 203 Å². The molecule has 34 heavy (non-hydrogen) atoms. The Morgan fingerprint density at radius 3 is 2.82 bits per heavy atom. The number of nitrogens with one attached hydrogen (secondary N) is 1. The van der Waals surface area contributed by atoms with Gasteiger partial charge < -0.3 is 15.1 Å². The van der Waals surface area contributed by atoms with E-state index in [0.29, 0.717) is 6.42 Å². The first-order valence-corrected chi connectivity index (χ1v) is 11.9. The van der Waals surface area contributed by atoms with Crippen molar-refractivity contribution in [1.82, 2.24) is 5.32 Å². The van der Waals surface area contributed by atoms with Crippen LogP contribution in [0.15, 0.2) is 66.3 Å². The number of hydrogen-bond donors (Lipinski definition) is 1. The van der Waals surface area contributed by atoms with Gasteiger partial charge in [0.15, 0.2) is 0 Å². The number of para-hydroxylation sites is 1. The fourth-order valence-electron chi connectivity index (χ4n) is 5.21. The van der Waals surface area contributed by atoms with Crippen LogP contribution in [-0.4, -0.2) is 35.3 Å². The molecule has 1 saturated heterocycles. The van der Waals surface area contributed by atoms with E-state index in [0.717, 1.165) is 58.9 Å². The molecule has 0 aromatic heterocycles. The Morgan fingerprint density at radius 2 is 2.03 bits per heavy atom. The maximum atomic E-state index is 12.8. The smallest absolute Gasteiger partial charge is 0.271 e. The number of anilines is 3. The van der Waals surface area contributed by atoms with Gasteiger partial charge in [-0.15, -0.1) is 0 Å². The van der Waals surface area contributed by atoms with Crippen molar-refractivity contribution in [3.63, 3.8) is 0 Å². The van der Waals surface area contributed by atoms with Crippen molar-refractivity contribution < 1.29 is 9.72 Å². The third-order valence-corrected chi connectivity index (χ3v) is 7.34. The third kappa shape index (κ3) is 4.09. The molecule has 2 atom stereocenters. The highest BCUT2D eigenvalue weighted by Crippen LogP contribution is 2.48. The number of hydrogen-bond acceptors (Lipinski definition) is 6. The number of carbonyl (C=O) groups is 1. The molecule has 0 bridgehead atoms. The predicted molar refractivity (Wildman–Crippen MR) is 138 cm³/mol. The van der Waals surface area contributed by atoms with E-state index in [2.05, 4.69) is 16.3 Å². The zero-order valence-corrected chi connectivity index (χ0v) is 19.8. The van der Waals surface area contributed by atoms with Gasteiger partial charge in [-0.3, -0.25) is 14.9 Å². The lowest BCUT2D eigenvalue weighted by atomic mass is 9.90. The molecule has 0 spiro atoms. The van der Waals surface area contributed by atoms with Crippen LogP contribution in [0.1, 0.15) is 37.3 Å². The van der Waals surface area contributed by atoms with Gasteiger partial charge in [0.25, 0.3) is 5.69 Å². The minimum absolute atomic E-state index is 0.00241. The molecular weight excluding hydrogens is 448 g/mol. The second kappa shape index (κ2) is 9.02. The highest BCUT2D eigenvalue weighted by atomic mass is 32.1. The lowest BCUT2D eigenvalue weighted by Gasteiger charge is -2.41. The molecule has 0 unspecified atom stereocenters. The van der Waals surface area contributed by atoms with Gasteiger partial charge in [-0.2, -0.15) is 0 Å². The largest absolute Gasteiger partial charge is 0.363 e. The van der Waals surface area contributed by atoms with Gasteiger partial charge in [-0.25, -0.2) is 0 Å². The van der Waals surface area contributed by atoms with E-state index in [4.69, 9.17) is 12.2 Å². The molecule has 1 N–H and O–H groups in total. The number of nitro groups is 1. The van der Waals surface area contributed by atoms with E-state index in [1.807, 2.05) is 54.4 Å². The summed E-state index contributed by atoms with van der Waals surface area (Å²) >= 11 is 5.41. The lowest BCUT2D eigenvalue weighted by Crippen LogP contribution is -2.46. The van der Waals surface area contributed by atoms with Crippen LogP contribution in [0.5, 0.6) is 0 Å². The van der Waals surface area contributed by atoms with Crippen molar-refractivity contribution >= 4 is 45.7 Å². The molecule has 1 amide bonds. The first-order valence-electron chi connectivity index (χ1n) is 11.5. The first-order chi connectivity index (χ1) is 16.4. The van der Waals surface area contributed by atoms with Gasteiger partial charge in [0.05, 0.1) is 28.8 Å². The number of nitro benzene ring substituents is 1. The van der Waals surface area contributed by atoms with Crippen molar-refractivity contribution in [2.75, 3.05) is 23.4 Å². The zero-order chi connectivity index (χ0) is 23.8. The summed E-state index contributed by atoms with van der Waals surface area (Å²) in [6.07, 6.45) is 8.48. The summed E-state index contributed by atoms with van der Waals surface area (Å²) in [6.45, 7) is 0.743. The van der Waals surface area contributed by atoms with E-state index in [9.17, 15) is 14.9 Å². The monoisotopic (exact) mass is 474 g/mol. The van der Waals surface area contributed by atoms with Crippen LogP contribution in [-0.2, 0) is 4.79 Å². The van der Waals surface area contributed by atoms with Gasteiger partial charge in [0, 0.05) is 48.7 Å². The minimum Gasteiger partial charge on any atom is -0.363 e. The second-order valence-corrected chi connectivity index (χ2v) is 9.46. The molecule has 2 aromatic rings. The quantitative estimate of drug-likeness (QED) is 0.375. The molecule has 1 fully saturated rings. The molecular formula is C26H26N4O3S. The lowest BCUT2D eigenvalue weighted by molar-refractivity contribution is -0.384. The number of rotatable bonds is 4.